The molecule has 28 heavy (non-hydrogen) atoms. The summed E-state index contributed by atoms with van der Waals surface area (Å²) in [5.74, 6) is 0.930. The van der Waals surface area contributed by atoms with Crippen molar-refractivity contribution in [1.29, 1.82) is 0 Å². The van der Waals surface area contributed by atoms with Crippen molar-refractivity contribution in [2.24, 2.45) is 0 Å². The molecular weight excluding hydrogens is 350 g/mol. The highest BCUT2D eigenvalue weighted by Gasteiger charge is 2.26. The molecular formula is C22H29N5O. The lowest BCUT2D eigenvalue weighted by molar-refractivity contribution is 0.0793. The van der Waals surface area contributed by atoms with Gasteiger partial charge in [0.05, 0.1) is 11.3 Å². The van der Waals surface area contributed by atoms with Crippen LogP contribution in [0.1, 0.15) is 40.2 Å². The molecule has 6 nitrogen and oxygen atoms in total. The average Bonchev–Trinajstić information content (AvgIpc) is 3.17. The van der Waals surface area contributed by atoms with E-state index in [4.69, 9.17) is 4.98 Å². The van der Waals surface area contributed by atoms with Crippen LogP contribution in [0.4, 0.5) is 5.82 Å². The van der Waals surface area contributed by atoms with Crippen molar-refractivity contribution in [3.63, 3.8) is 0 Å². The van der Waals surface area contributed by atoms with Crippen LogP contribution in [-0.4, -0.2) is 65.9 Å². The number of amides is 1. The Hall–Kier alpha value is -2.47. The lowest BCUT2D eigenvalue weighted by atomic mass is 10.0. The van der Waals surface area contributed by atoms with E-state index in [1.165, 1.54) is 5.56 Å². The third-order valence-corrected chi connectivity index (χ3v) is 5.69. The number of nitrogens with zero attached hydrogens (tertiary/aromatic N) is 5. The Balaban J connectivity index is 1.56. The van der Waals surface area contributed by atoms with Gasteiger partial charge < -0.3 is 9.80 Å². The molecule has 2 aliphatic heterocycles. The summed E-state index contributed by atoms with van der Waals surface area (Å²) in [5.41, 5.74) is 4.20. The smallest absolute Gasteiger partial charge is 0.257 e. The second-order valence-corrected chi connectivity index (χ2v) is 7.96. The molecule has 0 bridgehead atoms. The van der Waals surface area contributed by atoms with Gasteiger partial charge in [-0.05, 0) is 43.0 Å². The second-order valence-electron chi connectivity index (χ2n) is 7.96. The molecule has 2 aromatic heterocycles. The first-order chi connectivity index (χ1) is 13.6. The lowest BCUT2D eigenvalue weighted by Gasteiger charge is -2.22. The Labute approximate surface area is 167 Å². The van der Waals surface area contributed by atoms with Gasteiger partial charge >= 0.3 is 0 Å². The van der Waals surface area contributed by atoms with E-state index >= 15 is 0 Å². The first-order valence-corrected chi connectivity index (χ1v) is 10.2. The van der Waals surface area contributed by atoms with Gasteiger partial charge in [-0.2, -0.15) is 0 Å². The van der Waals surface area contributed by atoms with Gasteiger partial charge in [0.1, 0.15) is 5.82 Å². The standard InChI is InChI=1S/C22H29N5O/c1-25(2)21-19(22(28)27-11-5-6-12-27)15-17-8-13-26(14-9-20(17)24-21)16-18-7-3-4-10-23-18/h3-4,7,10,15H,5-6,8-9,11-14,16H2,1-2H3. The molecule has 2 aliphatic rings. The Morgan fingerprint density at radius 2 is 1.89 bits per heavy atom. The van der Waals surface area contributed by atoms with Crippen molar-refractivity contribution >= 4 is 11.7 Å². The molecule has 0 aromatic carbocycles. The van der Waals surface area contributed by atoms with Crippen LogP contribution in [0.3, 0.4) is 0 Å². The largest absolute Gasteiger partial charge is 0.362 e. The molecule has 0 saturated carbocycles. The maximum atomic E-state index is 13.1. The summed E-state index contributed by atoms with van der Waals surface area (Å²) < 4.78 is 0. The van der Waals surface area contributed by atoms with Crippen LogP contribution >= 0.6 is 0 Å². The lowest BCUT2D eigenvalue weighted by Crippen LogP contribution is -2.30. The summed E-state index contributed by atoms with van der Waals surface area (Å²) in [7, 11) is 3.94. The van der Waals surface area contributed by atoms with Crippen LogP contribution in [0.15, 0.2) is 30.5 Å². The predicted octanol–water partition coefficient (Wildman–Crippen LogP) is 2.38. The van der Waals surface area contributed by atoms with Crippen LogP contribution < -0.4 is 4.90 Å². The number of hydrogen-bond acceptors (Lipinski definition) is 5. The molecule has 148 valence electrons. The fraction of sp³-hybridized carbons (Fsp3) is 0.500. The fourth-order valence-electron chi connectivity index (χ4n) is 4.14. The summed E-state index contributed by atoms with van der Waals surface area (Å²) in [6.45, 7) is 4.50. The van der Waals surface area contributed by atoms with E-state index in [1.54, 1.807) is 0 Å². The number of hydrogen-bond donors (Lipinski definition) is 0. The number of fused-ring (bicyclic) bond motifs is 1. The van der Waals surface area contributed by atoms with E-state index in [9.17, 15) is 4.79 Å². The van der Waals surface area contributed by atoms with Crippen molar-refractivity contribution in [3.05, 3.63) is 53.0 Å². The van der Waals surface area contributed by atoms with Crippen LogP contribution in [0, 0.1) is 0 Å². The van der Waals surface area contributed by atoms with E-state index < -0.39 is 0 Å². The highest BCUT2D eigenvalue weighted by atomic mass is 16.2. The zero-order valence-corrected chi connectivity index (χ0v) is 16.9. The summed E-state index contributed by atoms with van der Waals surface area (Å²) in [6, 6.07) is 8.18. The maximum Gasteiger partial charge on any atom is 0.257 e. The minimum absolute atomic E-state index is 0.131. The number of rotatable bonds is 4. The molecule has 1 amide bonds. The van der Waals surface area contributed by atoms with Crippen molar-refractivity contribution in [3.8, 4) is 0 Å². The maximum absolute atomic E-state index is 13.1. The number of carbonyl (C=O) groups excluding carboxylic acids is 1. The van der Waals surface area contributed by atoms with E-state index in [0.29, 0.717) is 0 Å². The number of likely N-dealkylation sites (tertiary alicyclic amines) is 1. The summed E-state index contributed by atoms with van der Waals surface area (Å²) in [4.78, 5) is 28.9. The Kier molecular flexibility index (Phi) is 5.57. The molecule has 4 heterocycles. The molecule has 0 atom stereocenters. The van der Waals surface area contributed by atoms with Gasteiger partial charge in [-0.1, -0.05) is 6.07 Å². The quantitative estimate of drug-likeness (QED) is 0.816. The first-order valence-electron chi connectivity index (χ1n) is 10.2. The number of anilines is 1. The van der Waals surface area contributed by atoms with Crippen LogP contribution in [0.25, 0.3) is 0 Å². The predicted molar refractivity (Wildman–Crippen MR) is 111 cm³/mol. The van der Waals surface area contributed by atoms with Crippen molar-refractivity contribution in [1.82, 2.24) is 19.8 Å². The van der Waals surface area contributed by atoms with Gasteiger partial charge in [-0.25, -0.2) is 4.98 Å². The fourth-order valence-corrected chi connectivity index (χ4v) is 4.14. The second kappa shape index (κ2) is 8.27. The third-order valence-electron chi connectivity index (χ3n) is 5.69. The third kappa shape index (κ3) is 4.02. The minimum atomic E-state index is 0.131. The highest BCUT2D eigenvalue weighted by molar-refractivity contribution is 5.99. The summed E-state index contributed by atoms with van der Waals surface area (Å²) >= 11 is 0. The molecule has 0 aliphatic carbocycles. The minimum Gasteiger partial charge on any atom is -0.362 e. The van der Waals surface area contributed by atoms with Gasteiger partial charge in [0.25, 0.3) is 5.91 Å². The molecule has 4 rings (SSSR count). The van der Waals surface area contributed by atoms with Crippen molar-refractivity contribution in [2.75, 3.05) is 45.2 Å². The molecule has 1 saturated heterocycles. The zero-order chi connectivity index (χ0) is 19.5. The van der Waals surface area contributed by atoms with Gasteiger partial charge in [0, 0.05) is 65.1 Å². The van der Waals surface area contributed by atoms with Crippen LogP contribution in [0.5, 0.6) is 0 Å². The Morgan fingerprint density at radius 3 is 2.61 bits per heavy atom. The SMILES string of the molecule is CN(C)c1nc2c(cc1C(=O)N1CCCC1)CCN(Cc1ccccn1)CC2. The van der Waals surface area contributed by atoms with E-state index in [-0.39, 0.29) is 5.91 Å². The van der Waals surface area contributed by atoms with Crippen LogP contribution in [-0.2, 0) is 19.4 Å². The Morgan fingerprint density at radius 1 is 1.11 bits per heavy atom. The van der Waals surface area contributed by atoms with Gasteiger partial charge in [-0.15, -0.1) is 0 Å². The van der Waals surface area contributed by atoms with E-state index in [2.05, 4.69) is 22.0 Å². The van der Waals surface area contributed by atoms with Gasteiger partial charge in [-0.3, -0.25) is 14.7 Å². The molecule has 6 heteroatoms. The zero-order valence-electron chi connectivity index (χ0n) is 16.9. The molecule has 0 spiro atoms. The molecule has 0 N–H and O–H groups in total. The number of aromatic nitrogens is 2. The summed E-state index contributed by atoms with van der Waals surface area (Å²) in [6.07, 6.45) is 5.88. The number of pyridine rings is 2. The van der Waals surface area contributed by atoms with Gasteiger partial charge in [0.2, 0.25) is 0 Å². The molecule has 0 unspecified atom stereocenters. The highest BCUT2D eigenvalue weighted by Crippen LogP contribution is 2.26. The normalized spacial score (nSPS) is 17.3. The molecule has 2 aromatic rings. The monoisotopic (exact) mass is 379 g/mol. The van der Waals surface area contributed by atoms with Crippen molar-refractivity contribution < 1.29 is 4.79 Å². The average molecular weight is 380 g/mol. The van der Waals surface area contributed by atoms with Gasteiger partial charge in [0.15, 0.2) is 0 Å². The number of carbonyl (C=O) groups is 1. The van der Waals surface area contributed by atoms with Crippen LogP contribution in [0.2, 0.25) is 0 Å². The van der Waals surface area contributed by atoms with E-state index in [0.717, 1.165) is 81.2 Å². The van der Waals surface area contributed by atoms with E-state index in [1.807, 2.05) is 42.2 Å². The Bertz CT molecular complexity index is 830. The first kappa shape index (κ1) is 18.9. The molecule has 1 fully saturated rings. The summed E-state index contributed by atoms with van der Waals surface area (Å²) in [5, 5.41) is 0. The molecule has 0 radical (unpaired) electrons. The van der Waals surface area contributed by atoms with Crippen molar-refractivity contribution in [2.45, 2.75) is 32.2 Å². The topological polar surface area (TPSA) is 52.6 Å².